The molecular weight excluding hydrogens is 302 g/mol. The third kappa shape index (κ3) is 3.53. The molecule has 0 aromatic heterocycles. The van der Waals surface area contributed by atoms with Gasteiger partial charge in [0, 0.05) is 22.2 Å². The number of carbonyl (C=O) groups is 1. The molecule has 18 heavy (non-hydrogen) atoms. The summed E-state index contributed by atoms with van der Waals surface area (Å²) in [5, 5.41) is 21.9. The molecule has 6 nitrogen and oxygen atoms in total. The standard InChI is InChI=1S/C11H10BrN3O3/c1-2-9(6-13)14-11(16)7-3-8(12)5-10(4-7)15(17)18/h3-5,9H,2H2,1H3,(H,14,16). The molecule has 7 heteroatoms. The summed E-state index contributed by atoms with van der Waals surface area (Å²) in [6.45, 7) is 1.76. The smallest absolute Gasteiger partial charge is 0.271 e. The first-order valence-corrected chi connectivity index (χ1v) is 5.92. The summed E-state index contributed by atoms with van der Waals surface area (Å²) in [4.78, 5) is 21.9. The van der Waals surface area contributed by atoms with E-state index in [0.29, 0.717) is 10.9 Å². The monoisotopic (exact) mass is 311 g/mol. The molecule has 1 unspecified atom stereocenters. The number of carbonyl (C=O) groups excluding carboxylic acids is 1. The SMILES string of the molecule is CCC(C#N)NC(=O)c1cc(Br)cc([N+](=O)[O-])c1. The first kappa shape index (κ1) is 14.1. The number of nitro benzene ring substituents is 1. The Morgan fingerprint density at radius 1 is 1.61 bits per heavy atom. The highest BCUT2D eigenvalue weighted by Gasteiger charge is 2.16. The Hall–Kier alpha value is -1.94. The molecule has 1 aromatic rings. The molecule has 0 fully saturated rings. The second kappa shape index (κ2) is 6.12. The number of halogens is 1. The summed E-state index contributed by atoms with van der Waals surface area (Å²) >= 11 is 3.10. The predicted octanol–water partition coefficient (Wildman–Crippen LogP) is 2.39. The highest BCUT2D eigenvalue weighted by atomic mass is 79.9. The molecule has 1 amide bonds. The summed E-state index contributed by atoms with van der Waals surface area (Å²) in [5.74, 6) is -0.507. The van der Waals surface area contributed by atoms with Gasteiger partial charge in [0.05, 0.1) is 11.0 Å². The number of benzene rings is 1. The van der Waals surface area contributed by atoms with Gasteiger partial charge in [0.15, 0.2) is 0 Å². The molecule has 0 spiro atoms. The van der Waals surface area contributed by atoms with E-state index in [1.807, 2.05) is 6.07 Å². The maximum atomic E-state index is 11.8. The van der Waals surface area contributed by atoms with Crippen LogP contribution in [0.1, 0.15) is 23.7 Å². The fourth-order valence-corrected chi connectivity index (χ4v) is 1.76. The number of nitrogens with zero attached hydrogens (tertiary/aromatic N) is 2. The van der Waals surface area contributed by atoms with Crippen LogP contribution in [0, 0.1) is 21.4 Å². The Labute approximate surface area is 112 Å². The van der Waals surface area contributed by atoms with Gasteiger partial charge in [0.2, 0.25) is 0 Å². The number of nitrogens with one attached hydrogen (secondary N) is 1. The Morgan fingerprint density at radius 2 is 2.28 bits per heavy atom. The third-order valence-electron chi connectivity index (χ3n) is 2.22. The Bertz CT molecular complexity index is 525. The van der Waals surface area contributed by atoms with Crippen LogP contribution in [0.4, 0.5) is 5.69 Å². The molecule has 1 rings (SSSR count). The van der Waals surface area contributed by atoms with Crippen molar-refractivity contribution in [3.8, 4) is 6.07 Å². The van der Waals surface area contributed by atoms with Crippen molar-refractivity contribution in [1.29, 1.82) is 5.26 Å². The van der Waals surface area contributed by atoms with Gasteiger partial charge in [0.25, 0.3) is 11.6 Å². The van der Waals surface area contributed by atoms with Gasteiger partial charge in [-0.05, 0) is 12.5 Å². The van der Waals surface area contributed by atoms with Crippen LogP contribution < -0.4 is 5.32 Å². The molecule has 94 valence electrons. The van der Waals surface area contributed by atoms with E-state index >= 15 is 0 Å². The van der Waals surface area contributed by atoms with Gasteiger partial charge in [-0.15, -0.1) is 0 Å². The van der Waals surface area contributed by atoms with Gasteiger partial charge in [-0.25, -0.2) is 0 Å². The third-order valence-corrected chi connectivity index (χ3v) is 2.68. The molecule has 0 saturated heterocycles. The highest BCUT2D eigenvalue weighted by Crippen LogP contribution is 2.21. The van der Waals surface area contributed by atoms with E-state index in [0.717, 1.165) is 0 Å². The Morgan fingerprint density at radius 3 is 2.78 bits per heavy atom. The van der Waals surface area contributed by atoms with Crippen LogP contribution >= 0.6 is 15.9 Å². The van der Waals surface area contributed by atoms with E-state index in [-0.39, 0.29) is 11.3 Å². The average Bonchev–Trinajstić information content (AvgIpc) is 2.34. The van der Waals surface area contributed by atoms with Gasteiger partial charge < -0.3 is 5.32 Å². The van der Waals surface area contributed by atoms with Gasteiger partial charge >= 0.3 is 0 Å². The molecule has 0 bridgehead atoms. The molecular formula is C11H10BrN3O3. The van der Waals surface area contributed by atoms with Crippen LogP contribution in [0.15, 0.2) is 22.7 Å². The van der Waals surface area contributed by atoms with Crippen molar-refractivity contribution in [2.75, 3.05) is 0 Å². The molecule has 1 atom stereocenters. The zero-order chi connectivity index (χ0) is 13.7. The quantitative estimate of drug-likeness (QED) is 0.682. The molecule has 0 aliphatic carbocycles. The number of non-ortho nitro benzene ring substituents is 1. The second-order valence-corrected chi connectivity index (χ2v) is 4.43. The number of rotatable bonds is 4. The van der Waals surface area contributed by atoms with E-state index in [1.54, 1.807) is 6.92 Å². The van der Waals surface area contributed by atoms with Crippen LogP contribution in [-0.4, -0.2) is 16.9 Å². The number of nitriles is 1. The highest BCUT2D eigenvalue weighted by molar-refractivity contribution is 9.10. The van der Waals surface area contributed by atoms with E-state index < -0.39 is 16.9 Å². The number of amides is 1. The van der Waals surface area contributed by atoms with E-state index in [1.165, 1.54) is 18.2 Å². The molecule has 1 aromatic carbocycles. The average molecular weight is 312 g/mol. The number of hydrogen-bond donors (Lipinski definition) is 1. The topological polar surface area (TPSA) is 96.0 Å². The largest absolute Gasteiger partial charge is 0.336 e. The summed E-state index contributed by atoms with van der Waals surface area (Å²) in [6.07, 6.45) is 0.471. The normalized spacial score (nSPS) is 11.4. The summed E-state index contributed by atoms with van der Waals surface area (Å²) in [7, 11) is 0. The van der Waals surface area contributed by atoms with Crippen molar-refractivity contribution in [3.05, 3.63) is 38.3 Å². The fraction of sp³-hybridized carbons (Fsp3) is 0.273. The molecule has 0 saturated carbocycles. The molecule has 1 N–H and O–H groups in total. The van der Waals surface area contributed by atoms with Gasteiger partial charge in [-0.2, -0.15) is 5.26 Å². The summed E-state index contributed by atoms with van der Waals surface area (Å²) in [5.41, 5.74) is -0.0377. The van der Waals surface area contributed by atoms with Crippen LogP contribution in [-0.2, 0) is 0 Å². The molecule has 0 aliphatic heterocycles. The molecule has 0 heterocycles. The lowest BCUT2D eigenvalue weighted by atomic mass is 10.1. The van der Waals surface area contributed by atoms with Crippen molar-refractivity contribution in [2.24, 2.45) is 0 Å². The lowest BCUT2D eigenvalue weighted by Gasteiger charge is -2.09. The molecule has 0 aliphatic rings. The van der Waals surface area contributed by atoms with Crippen molar-refractivity contribution >= 4 is 27.5 Å². The van der Waals surface area contributed by atoms with Crippen molar-refractivity contribution in [3.63, 3.8) is 0 Å². The predicted molar refractivity (Wildman–Crippen MR) is 68.0 cm³/mol. The van der Waals surface area contributed by atoms with Gasteiger partial charge in [-0.3, -0.25) is 14.9 Å². The minimum Gasteiger partial charge on any atom is -0.336 e. The number of nitro groups is 1. The second-order valence-electron chi connectivity index (χ2n) is 3.52. The van der Waals surface area contributed by atoms with Gasteiger partial charge in [0.1, 0.15) is 6.04 Å². The van der Waals surface area contributed by atoms with E-state index in [4.69, 9.17) is 5.26 Å². The minimum atomic E-state index is -0.601. The van der Waals surface area contributed by atoms with E-state index in [9.17, 15) is 14.9 Å². The van der Waals surface area contributed by atoms with E-state index in [2.05, 4.69) is 21.2 Å². The Kier molecular flexibility index (Phi) is 4.80. The summed E-state index contributed by atoms with van der Waals surface area (Å²) < 4.78 is 0.437. The number of hydrogen-bond acceptors (Lipinski definition) is 4. The fourth-order valence-electron chi connectivity index (χ4n) is 1.28. The Balaban J connectivity index is 2.99. The zero-order valence-corrected chi connectivity index (χ0v) is 11.1. The van der Waals surface area contributed by atoms with Gasteiger partial charge in [-0.1, -0.05) is 22.9 Å². The van der Waals surface area contributed by atoms with Crippen molar-refractivity contribution < 1.29 is 9.72 Å². The van der Waals surface area contributed by atoms with Crippen molar-refractivity contribution in [1.82, 2.24) is 5.32 Å². The summed E-state index contributed by atoms with van der Waals surface area (Å²) in [6, 6.07) is 5.26. The van der Waals surface area contributed by atoms with Crippen molar-refractivity contribution in [2.45, 2.75) is 19.4 Å². The van der Waals surface area contributed by atoms with Crippen LogP contribution in [0.5, 0.6) is 0 Å². The lowest BCUT2D eigenvalue weighted by Crippen LogP contribution is -2.33. The van der Waals surface area contributed by atoms with Crippen LogP contribution in [0.2, 0.25) is 0 Å². The minimum absolute atomic E-state index is 0.143. The first-order valence-electron chi connectivity index (χ1n) is 5.13. The first-order chi connectivity index (χ1) is 8.47. The maximum Gasteiger partial charge on any atom is 0.271 e. The lowest BCUT2D eigenvalue weighted by molar-refractivity contribution is -0.385. The zero-order valence-electron chi connectivity index (χ0n) is 9.51. The maximum absolute atomic E-state index is 11.8. The molecule has 0 radical (unpaired) electrons. The van der Waals surface area contributed by atoms with Crippen LogP contribution in [0.3, 0.4) is 0 Å². The van der Waals surface area contributed by atoms with Crippen LogP contribution in [0.25, 0.3) is 0 Å².